The van der Waals surface area contributed by atoms with Crippen molar-refractivity contribution in [2.75, 3.05) is 31.2 Å². The van der Waals surface area contributed by atoms with Gasteiger partial charge >= 0.3 is 0 Å². The number of sulfonamides is 1. The molecule has 2 aromatic carbocycles. The lowest BCUT2D eigenvalue weighted by atomic mass is 9.74. The van der Waals surface area contributed by atoms with E-state index in [-0.39, 0.29) is 23.2 Å². The minimum Gasteiger partial charge on any atom is -0.381 e. The molecule has 3 heterocycles. The van der Waals surface area contributed by atoms with Gasteiger partial charge in [0, 0.05) is 38.1 Å². The second-order valence-corrected chi connectivity index (χ2v) is 10.4. The fraction of sp³-hybridized carbons (Fsp3) is 0.435. The molecule has 0 atom stereocenters. The van der Waals surface area contributed by atoms with Crippen LogP contribution in [0.2, 0.25) is 0 Å². The van der Waals surface area contributed by atoms with E-state index in [4.69, 9.17) is 4.74 Å². The van der Waals surface area contributed by atoms with Crippen molar-refractivity contribution in [2.24, 2.45) is 0 Å². The lowest BCUT2D eigenvalue weighted by Crippen LogP contribution is -2.44. The van der Waals surface area contributed by atoms with E-state index in [9.17, 15) is 17.6 Å². The average molecular weight is 445 g/mol. The van der Waals surface area contributed by atoms with E-state index in [1.807, 2.05) is 0 Å². The van der Waals surface area contributed by atoms with Gasteiger partial charge in [0.1, 0.15) is 5.82 Å². The number of nitrogens with one attached hydrogen (secondary N) is 1. The number of ether oxygens (including phenoxy) is 1. The molecule has 0 spiro atoms. The van der Waals surface area contributed by atoms with Crippen LogP contribution < -0.4 is 9.62 Å². The molecule has 0 bridgehead atoms. The van der Waals surface area contributed by atoms with E-state index in [0.29, 0.717) is 51.9 Å². The number of carbonyl (C=O) groups excluding carboxylic acids is 1. The minimum atomic E-state index is -3.74. The minimum absolute atomic E-state index is 0.112. The van der Waals surface area contributed by atoms with Gasteiger partial charge in [-0.05, 0) is 66.6 Å². The van der Waals surface area contributed by atoms with E-state index in [1.165, 1.54) is 12.1 Å². The van der Waals surface area contributed by atoms with Crippen LogP contribution in [0.15, 0.2) is 41.3 Å². The highest BCUT2D eigenvalue weighted by Crippen LogP contribution is 2.39. The zero-order valence-corrected chi connectivity index (χ0v) is 18.0. The molecule has 0 radical (unpaired) electrons. The van der Waals surface area contributed by atoms with Crippen LogP contribution in [0.4, 0.5) is 10.1 Å². The molecule has 1 fully saturated rings. The van der Waals surface area contributed by atoms with Gasteiger partial charge in [-0.3, -0.25) is 4.79 Å². The smallest absolute Gasteiger partial charge is 0.240 e. The number of amides is 1. The Kier molecular flexibility index (Phi) is 5.11. The fourth-order valence-electron chi connectivity index (χ4n) is 5.03. The number of hydrogen-bond donors (Lipinski definition) is 1. The molecule has 1 saturated heterocycles. The Hall–Kier alpha value is -2.29. The maximum Gasteiger partial charge on any atom is 0.240 e. The van der Waals surface area contributed by atoms with Gasteiger partial charge in [0.15, 0.2) is 0 Å². The Morgan fingerprint density at radius 3 is 2.42 bits per heavy atom. The molecule has 1 N–H and O–H groups in total. The third-order valence-corrected chi connectivity index (χ3v) is 8.22. The number of anilines is 1. The predicted octanol–water partition coefficient (Wildman–Crippen LogP) is 2.69. The predicted molar refractivity (Wildman–Crippen MR) is 114 cm³/mol. The topological polar surface area (TPSA) is 75.7 Å². The highest BCUT2D eigenvalue weighted by Gasteiger charge is 2.37. The van der Waals surface area contributed by atoms with Crippen LogP contribution in [0.1, 0.15) is 36.0 Å². The van der Waals surface area contributed by atoms with Crippen LogP contribution in [0.25, 0.3) is 0 Å². The summed E-state index contributed by atoms with van der Waals surface area (Å²) < 4.78 is 48.3. The van der Waals surface area contributed by atoms with Gasteiger partial charge in [-0.2, -0.15) is 0 Å². The first-order valence-electron chi connectivity index (χ1n) is 10.7. The standard InChI is InChI=1S/C23H25FN2O4S/c24-19-4-2-18(3-5-19)23(8-11-30-12-9-23)15-25-31(28,29)20-13-16-1-6-21(27)26-10-7-17(14-20)22(16)26/h2-5,13-14,25H,1,6-12,15H2. The van der Waals surface area contributed by atoms with E-state index < -0.39 is 15.4 Å². The van der Waals surface area contributed by atoms with Crippen molar-refractivity contribution in [2.45, 2.75) is 42.4 Å². The van der Waals surface area contributed by atoms with Crippen molar-refractivity contribution in [1.29, 1.82) is 0 Å². The molecule has 1 amide bonds. The molecule has 3 aliphatic heterocycles. The normalized spacial score (nSPS) is 20.0. The molecule has 0 saturated carbocycles. The van der Waals surface area contributed by atoms with Crippen molar-refractivity contribution in [3.63, 3.8) is 0 Å². The zero-order valence-electron chi connectivity index (χ0n) is 17.2. The van der Waals surface area contributed by atoms with E-state index in [1.54, 1.807) is 29.2 Å². The summed E-state index contributed by atoms with van der Waals surface area (Å²) in [6.45, 7) is 1.91. The van der Waals surface area contributed by atoms with Gasteiger partial charge < -0.3 is 9.64 Å². The Morgan fingerprint density at radius 2 is 1.71 bits per heavy atom. The molecule has 5 rings (SSSR count). The van der Waals surface area contributed by atoms with Crippen LogP contribution >= 0.6 is 0 Å². The Morgan fingerprint density at radius 1 is 1.03 bits per heavy atom. The number of carbonyl (C=O) groups is 1. The lowest BCUT2D eigenvalue weighted by Gasteiger charge is -2.38. The summed E-state index contributed by atoms with van der Waals surface area (Å²) in [5, 5.41) is 0. The van der Waals surface area contributed by atoms with E-state index in [0.717, 1.165) is 22.4 Å². The van der Waals surface area contributed by atoms with Crippen molar-refractivity contribution < 1.29 is 22.3 Å². The van der Waals surface area contributed by atoms with Gasteiger partial charge in [0.05, 0.1) is 10.6 Å². The highest BCUT2D eigenvalue weighted by molar-refractivity contribution is 7.89. The summed E-state index contributed by atoms with van der Waals surface area (Å²) in [6, 6.07) is 9.72. The van der Waals surface area contributed by atoms with Crippen LogP contribution in [-0.2, 0) is 37.8 Å². The average Bonchev–Trinajstić information content (AvgIpc) is 3.22. The molecular formula is C23H25FN2O4S. The Labute approximate surface area is 181 Å². The van der Waals surface area contributed by atoms with E-state index in [2.05, 4.69) is 4.72 Å². The second kappa shape index (κ2) is 7.69. The molecule has 31 heavy (non-hydrogen) atoms. The van der Waals surface area contributed by atoms with Crippen LogP contribution in [-0.4, -0.2) is 40.6 Å². The van der Waals surface area contributed by atoms with Crippen molar-refractivity contribution in [3.8, 4) is 0 Å². The summed E-state index contributed by atoms with van der Waals surface area (Å²) in [6.07, 6.45) is 2.98. The first-order valence-corrected chi connectivity index (χ1v) is 12.2. The zero-order chi connectivity index (χ0) is 21.6. The number of hydrogen-bond acceptors (Lipinski definition) is 4. The summed E-state index contributed by atoms with van der Waals surface area (Å²) in [7, 11) is -3.74. The van der Waals surface area contributed by atoms with Gasteiger partial charge in [-0.25, -0.2) is 17.5 Å². The first-order chi connectivity index (χ1) is 14.9. The summed E-state index contributed by atoms with van der Waals surface area (Å²) in [5.74, 6) is -0.202. The third kappa shape index (κ3) is 3.66. The maximum atomic E-state index is 13.5. The molecule has 3 aliphatic rings. The Balaban J connectivity index is 1.43. The number of nitrogens with zero attached hydrogens (tertiary/aromatic N) is 1. The van der Waals surface area contributed by atoms with E-state index >= 15 is 0 Å². The van der Waals surface area contributed by atoms with Crippen molar-refractivity contribution >= 4 is 21.6 Å². The first kappa shape index (κ1) is 20.6. The monoisotopic (exact) mass is 444 g/mol. The molecule has 6 nitrogen and oxygen atoms in total. The van der Waals surface area contributed by atoms with Crippen molar-refractivity contribution in [1.82, 2.24) is 4.72 Å². The maximum absolute atomic E-state index is 13.5. The van der Waals surface area contributed by atoms with Gasteiger partial charge in [-0.15, -0.1) is 0 Å². The third-order valence-electron chi connectivity index (χ3n) is 6.84. The SMILES string of the molecule is O=C1CCc2cc(S(=O)(=O)NCC3(c4ccc(F)cc4)CCOCC3)cc3c2N1CC3. The Bertz CT molecular complexity index is 1130. The quantitative estimate of drug-likeness (QED) is 0.770. The number of halogens is 1. The molecule has 0 unspecified atom stereocenters. The second-order valence-electron chi connectivity index (χ2n) is 8.61. The molecule has 8 heteroatoms. The van der Waals surface area contributed by atoms with Gasteiger partial charge in [0.25, 0.3) is 0 Å². The summed E-state index contributed by atoms with van der Waals surface area (Å²) in [5.41, 5.74) is 3.23. The van der Waals surface area contributed by atoms with Gasteiger partial charge in [-0.1, -0.05) is 12.1 Å². The van der Waals surface area contributed by atoms with Crippen LogP contribution in [0.3, 0.4) is 0 Å². The molecular weight excluding hydrogens is 419 g/mol. The van der Waals surface area contributed by atoms with Crippen LogP contribution in [0, 0.1) is 5.82 Å². The van der Waals surface area contributed by atoms with Crippen molar-refractivity contribution in [3.05, 3.63) is 58.9 Å². The van der Waals surface area contributed by atoms with Gasteiger partial charge in [0.2, 0.25) is 15.9 Å². The molecule has 0 aliphatic carbocycles. The lowest BCUT2D eigenvalue weighted by molar-refractivity contribution is -0.118. The largest absolute Gasteiger partial charge is 0.381 e. The molecule has 0 aromatic heterocycles. The summed E-state index contributed by atoms with van der Waals surface area (Å²) in [4.78, 5) is 14.2. The molecule has 164 valence electrons. The number of benzene rings is 2. The fourth-order valence-corrected chi connectivity index (χ4v) is 6.26. The number of rotatable bonds is 5. The molecule has 2 aromatic rings. The highest BCUT2D eigenvalue weighted by atomic mass is 32.2. The van der Waals surface area contributed by atoms with Crippen LogP contribution in [0.5, 0.6) is 0 Å². The number of aryl methyl sites for hydroxylation is 1. The summed E-state index contributed by atoms with van der Waals surface area (Å²) >= 11 is 0.